The van der Waals surface area contributed by atoms with Crippen molar-refractivity contribution in [3.63, 3.8) is 0 Å². The molecule has 202 valence electrons. The fraction of sp³-hybridized carbons (Fsp3) is 0.300. The van der Waals surface area contributed by atoms with E-state index in [0.717, 1.165) is 16.7 Å². The number of fused-ring (bicyclic) bond motifs is 1. The number of rotatable bonds is 7. The number of ether oxygens (including phenoxy) is 3. The van der Waals surface area contributed by atoms with E-state index in [1.54, 1.807) is 45.9 Å². The summed E-state index contributed by atoms with van der Waals surface area (Å²) in [4.78, 5) is 42.1. The zero-order chi connectivity index (χ0) is 27.5. The number of aromatic nitrogens is 2. The van der Waals surface area contributed by atoms with E-state index in [0.29, 0.717) is 54.3 Å². The summed E-state index contributed by atoms with van der Waals surface area (Å²) in [6, 6.07) is 18.1. The number of hydrogen-bond acceptors (Lipinski definition) is 6. The maximum Gasteiger partial charge on any atom is 0.332 e. The van der Waals surface area contributed by atoms with Crippen molar-refractivity contribution in [1.29, 1.82) is 0 Å². The van der Waals surface area contributed by atoms with Gasteiger partial charge in [0, 0.05) is 24.7 Å². The van der Waals surface area contributed by atoms with E-state index >= 15 is 0 Å². The molecule has 9 nitrogen and oxygen atoms in total. The molecule has 2 heterocycles. The van der Waals surface area contributed by atoms with Crippen LogP contribution in [0.15, 0.2) is 70.3 Å². The van der Waals surface area contributed by atoms with Crippen molar-refractivity contribution in [2.24, 2.45) is 0 Å². The molecule has 1 fully saturated rings. The summed E-state index contributed by atoms with van der Waals surface area (Å²) in [5, 5.41) is 0.347. The summed E-state index contributed by atoms with van der Waals surface area (Å²) < 4.78 is 19.1. The molecule has 1 aliphatic rings. The SMILES string of the molecule is COc1cc2c(=O)n(Cc3ccc(C(=O)N4CCOCC4)cc3)c(=O)n(Cc3ccccc3C)c2cc1OC. The third-order valence-corrected chi connectivity index (χ3v) is 7.16. The standard InChI is InChI=1S/C30H31N3O6/c1-20-6-4-5-7-23(20)19-32-25-17-27(38-3)26(37-2)16-24(25)29(35)33(30(32)36)18-21-8-10-22(11-9-21)28(34)31-12-14-39-15-13-31/h4-11,16-17H,12-15,18-19H2,1-3H3. The first kappa shape index (κ1) is 26.2. The average Bonchev–Trinajstić information content (AvgIpc) is 2.98. The minimum Gasteiger partial charge on any atom is -0.493 e. The Morgan fingerprint density at radius 2 is 1.54 bits per heavy atom. The summed E-state index contributed by atoms with van der Waals surface area (Å²) in [6.45, 7) is 4.50. The first-order valence-electron chi connectivity index (χ1n) is 12.8. The van der Waals surface area contributed by atoms with Gasteiger partial charge in [0.05, 0.1) is 51.4 Å². The fourth-order valence-electron chi connectivity index (χ4n) is 4.88. The highest BCUT2D eigenvalue weighted by Crippen LogP contribution is 2.30. The Hall–Kier alpha value is -4.37. The molecule has 39 heavy (non-hydrogen) atoms. The Bertz CT molecular complexity index is 1630. The lowest BCUT2D eigenvalue weighted by molar-refractivity contribution is 0.0303. The van der Waals surface area contributed by atoms with Gasteiger partial charge in [0.1, 0.15) is 0 Å². The molecular formula is C30H31N3O6. The number of hydrogen-bond donors (Lipinski definition) is 0. The first-order chi connectivity index (χ1) is 18.9. The Kier molecular flexibility index (Phi) is 7.51. The number of aryl methyl sites for hydroxylation is 1. The van der Waals surface area contributed by atoms with Gasteiger partial charge in [0.25, 0.3) is 11.5 Å². The van der Waals surface area contributed by atoms with E-state index in [2.05, 4.69) is 0 Å². The van der Waals surface area contributed by atoms with Crippen LogP contribution < -0.4 is 20.7 Å². The maximum absolute atomic E-state index is 13.8. The zero-order valence-electron chi connectivity index (χ0n) is 22.3. The van der Waals surface area contributed by atoms with Crippen molar-refractivity contribution >= 4 is 16.8 Å². The molecule has 0 bridgehead atoms. The fourth-order valence-corrected chi connectivity index (χ4v) is 4.88. The molecule has 0 N–H and O–H groups in total. The molecule has 0 saturated carbocycles. The third-order valence-electron chi connectivity index (χ3n) is 7.16. The minimum atomic E-state index is -0.434. The van der Waals surface area contributed by atoms with Gasteiger partial charge in [-0.05, 0) is 41.8 Å². The topological polar surface area (TPSA) is 92.0 Å². The first-order valence-corrected chi connectivity index (χ1v) is 12.8. The molecule has 1 aromatic heterocycles. The largest absolute Gasteiger partial charge is 0.493 e. The van der Waals surface area contributed by atoms with Gasteiger partial charge >= 0.3 is 5.69 Å². The molecular weight excluding hydrogens is 498 g/mol. The molecule has 1 aliphatic heterocycles. The monoisotopic (exact) mass is 529 g/mol. The smallest absolute Gasteiger partial charge is 0.332 e. The van der Waals surface area contributed by atoms with Gasteiger partial charge in [-0.2, -0.15) is 0 Å². The second-order valence-electron chi connectivity index (χ2n) is 9.51. The van der Waals surface area contributed by atoms with Crippen molar-refractivity contribution in [3.05, 3.63) is 104 Å². The summed E-state index contributed by atoms with van der Waals surface area (Å²) in [5.41, 5.74) is 2.90. The van der Waals surface area contributed by atoms with Crippen LogP contribution in [0.3, 0.4) is 0 Å². The molecule has 1 amide bonds. The molecule has 5 rings (SSSR count). The molecule has 0 atom stereocenters. The van der Waals surface area contributed by atoms with Gasteiger partial charge in [-0.1, -0.05) is 36.4 Å². The van der Waals surface area contributed by atoms with Gasteiger partial charge < -0.3 is 19.1 Å². The third kappa shape index (κ3) is 5.18. The van der Waals surface area contributed by atoms with E-state index in [9.17, 15) is 14.4 Å². The minimum absolute atomic E-state index is 0.0573. The number of carbonyl (C=O) groups is 1. The second-order valence-corrected chi connectivity index (χ2v) is 9.51. The van der Waals surface area contributed by atoms with Crippen molar-refractivity contribution < 1.29 is 19.0 Å². The van der Waals surface area contributed by atoms with Crippen LogP contribution in [-0.4, -0.2) is 60.5 Å². The van der Waals surface area contributed by atoms with Crippen LogP contribution in [0.4, 0.5) is 0 Å². The molecule has 9 heteroatoms. The maximum atomic E-state index is 13.8. The van der Waals surface area contributed by atoms with Gasteiger partial charge in [-0.15, -0.1) is 0 Å². The number of amides is 1. The zero-order valence-corrected chi connectivity index (χ0v) is 22.3. The van der Waals surface area contributed by atoms with Gasteiger partial charge in [-0.3, -0.25) is 18.7 Å². The normalized spacial score (nSPS) is 13.5. The number of nitrogens with zero attached hydrogens (tertiary/aromatic N) is 3. The molecule has 0 spiro atoms. The van der Waals surface area contributed by atoms with E-state index in [1.807, 2.05) is 31.2 Å². The number of methoxy groups -OCH3 is 2. The van der Waals surface area contributed by atoms with Crippen LogP contribution in [-0.2, 0) is 17.8 Å². The highest BCUT2D eigenvalue weighted by molar-refractivity contribution is 5.94. The summed E-state index contributed by atoms with van der Waals surface area (Å²) >= 11 is 0. The quantitative estimate of drug-likeness (QED) is 0.366. The van der Waals surface area contributed by atoms with Crippen molar-refractivity contribution in [2.75, 3.05) is 40.5 Å². The van der Waals surface area contributed by atoms with Gasteiger partial charge in [0.15, 0.2) is 11.5 Å². The summed E-state index contributed by atoms with van der Waals surface area (Å²) in [5.74, 6) is 0.774. The molecule has 4 aromatic rings. The number of morpholine rings is 1. The Labute approximate surface area is 225 Å². The number of benzene rings is 3. The predicted octanol–water partition coefficient (Wildman–Crippen LogP) is 3.06. The second kappa shape index (κ2) is 11.2. The average molecular weight is 530 g/mol. The molecule has 3 aromatic carbocycles. The predicted molar refractivity (Wildman–Crippen MR) is 148 cm³/mol. The van der Waals surface area contributed by atoms with E-state index < -0.39 is 11.2 Å². The Morgan fingerprint density at radius 3 is 2.21 bits per heavy atom. The van der Waals surface area contributed by atoms with Crippen LogP contribution in [0, 0.1) is 6.92 Å². The van der Waals surface area contributed by atoms with E-state index in [1.165, 1.54) is 18.8 Å². The lowest BCUT2D eigenvalue weighted by Crippen LogP contribution is -2.41. The van der Waals surface area contributed by atoms with Crippen LogP contribution in [0.2, 0.25) is 0 Å². The Balaban J connectivity index is 1.57. The number of carbonyl (C=O) groups excluding carboxylic acids is 1. The van der Waals surface area contributed by atoms with Crippen molar-refractivity contribution in [1.82, 2.24) is 14.0 Å². The van der Waals surface area contributed by atoms with Crippen molar-refractivity contribution in [3.8, 4) is 11.5 Å². The van der Waals surface area contributed by atoms with Gasteiger partial charge in [0.2, 0.25) is 0 Å². The van der Waals surface area contributed by atoms with E-state index in [-0.39, 0.29) is 19.0 Å². The molecule has 0 unspecified atom stereocenters. The van der Waals surface area contributed by atoms with Gasteiger partial charge in [-0.25, -0.2) is 4.79 Å². The van der Waals surface area contributed by atoms with Crippen LogP contribution in [0.5, 0.6) is 11.5 Å². The van der Waals surface area contributed by atoms with Crippen LogP contribution in [0.1, 0.15) is 27.0 Å². The Morgan fingerprint density at radius 1 is 0.872 bits per heavy atom. The summed E-state index contributed by atoms with van der Waals surface area (Å²) in [6.07, 6.45) is 0. The molecule has 0 aliphatic carbocycles. The highest BCUT2D eigenvalue weighted by atomic mass is 16.5. The molecule has 0 radical (unpaired) electrons. The highest BCUT2D eigenvalue weighted by Gasteiger charge is 2.20. The lowest BCUT2D eigenvalue weighted by atomic mass is 10.1. The van der Waals surface area contributed by atoms with Crippen LogP contribution >= 0.6 is 0 Å². The lowest BCUT2D eigenvalue weighted by Gasteiger charge is -2.26. The van der Waals surface area contributed by atoms with Crippen molar-refractivity contribution in [2.45, 2.75) is 20.0 Å². The molecule has 1 saturated heterocycles. The van der Waals surface area contributed by atoms with Crippen LogP contribution in [0.25, 0.3) is 10.9 Å². The summed E-state index contributed by atoms with van der Waals surface area (Å²) in [7, 11) is 3.02. The van der Waals surface area contributed by atoms with E-state index in [4.69, 9.17) is 14.2 Å².